The van der Waals surface area contributed by atoms with Crippen molar-refractivity contribution in [3.63, 3.8) is 0 Å². The van der Waals surface area contributed by atoms with Crippen LogP contribution in [0.25, 0.3) is 0 Å². The van der Waals surface area contributed by atoms with Crippen molar-refractivity contribution in [2.75, 3.05) is 7.11 Å². The molecular weight excluding hydrogens is 146 g/mol. The monoisotopic (exact) mass is 155 g/mol. The lowest BCUT2D eigenvalue weighted by molar-refractivity contribution is -0.169. The van der Waals surface area contributed by atoms with E-state index in [1.807, 2.05) is 0 Å². The van der Waals surface area contributed by atoms with Gasteiger partial charge in [0.05, 0.1) is 0 Å². The van der Waals surface area contributed by atoms with Crippen molar-refractivity contribution < 1.29 is 14.6 Å². The second-order valence-corrected chi connectivity index (χ2v) is 2.10. The van der Waals surface area contributed by atoms with Crippen molar-refractivity contribution in [2.24, 2.45) is 0 Å². The molecule has 2 N–H and O–H groups in total. The summed E-state index contributed by atoms with van der Waals surface area (Å²) in [6.45, 7) is 0. The van der Waals surface area contributed by atoms with Crippen LogP contribution in [-0.4, -0.2) is 23.8 Å². The summed E-state index contributed by atoms with van der Waals surface area (Å²) in [7, 11) is 1.27. The minimum absolute atomic E-state index is 0.499. The summed E-state index contributed by atoms with van der Waals surface area (Å²) in [5.74, 6) is -2.30. The lowest BCUT2D eigenvalue weighted by Gasteiger charge is -2.17. The first-order valence-corrected chi connectivity index (χ1v) is 3.11. The van der Waals surface area contributed by atoms with E-state index in [-0.39, 0.29) is 0 Å². The highest BCUT2D eigenvalue weighted by atomic mass is 16.6. The van der Waals surface area contributed by atoms with Gasteiger partial charge in [0.15, 0.2) is 0 Å². The van der Waals surface area contributed by atoms with Crippen molar-refractivity contribution >= 4 is 5.78 Å². The Morgan fingerprint density at radius 1 is 1.64 bits per heavy atom. The van der Waals surface area contributed by atoms with E-state index in [9.17, 15) is 9.90 Å². The first-order chi connectivity index (χ1) is 5.19. The molecular formula is C7H9NO3. The molecule has 0 aromatic rings. The van der Waals surface area contributed by atoms with Crippen LogP contribution in [0.5, 0.6) is 0 Å². The molecule has 0 aromatic carbocycles. The topological polar surface area (TPSA) is 58.6 Å². The summed E-state index contributed by atoms with van der Waals surface area (Å²) in [6.07, 6.45) is 5.32. The summed E-state index contributed by atoms with van der Waals surface area (Å²) in [6, 6.07) is 0. The molecule has 0 fully saturated rings. The summed E-state index contributed by atoms with van der Waals surface area (Å²) in [4.78, 5) is 11.0. The summed E-state index contributed by atoms with van der Waals surface area (Å²) in [5, 5.41) is 12.0. The molecule has 1 rings (SSSR count). The second kappa shape index (κ2) is 2.86. The van der Waals surface area contributed by atoms with Crippen molar-refractivity contribution in [1.82, 2.24) is 5.32 Å². The predicted octanol–water partition coefficient (Wildman–Crippen LogP) is -0.479. The third kappa shape index (κ3) is 1.47. The van der Waals surface area contributed by atoms with Crippen LogP contribution >= 0.6 is 0 Å². The Morgan fingerprint density at radius 3 is 3.00 bits per heavy atom. The van der Waals surface area contributed by atoms with Crippen molar-refractivity contribution in [3.8, 4) is 0 Å². The minimum atomic E-state index is -1.81. The molecule has 1 aliphatic rings. The molecule has 0 radical (unpaired) electrons. The Kier molecular flexibility index (Phi) is 2.07. The first-order valence-electron chi connectivity index (χ1n) is 3.11. The van der Waals surface area contributed by atoms with Gasteiger partial charge in [-0.25, -0.2) is 0 Å². The molecule has 0 saturated carbocycles. The highest BCUT2D eigenvalue weighted by molar-refractivity contribution is 5.97. The molecule has 0 unspecified atom stereocenters. The molecule has 11 heavy (non-hydrogen) atoms. The van der Waals surface area contributed by atoms with Crippen LogP contribution in [0.4, 0.5) is 0 Å². The number of carbonyl (C=O) groups excluding carboxylic acids is 1. The van der Waals surface area contributed by atoms with E-state index in [0.29, 0.717) is 0 Å². The molecule has 1 aliphatic heterocycles. The molecule has 4 nitrogen and oxygen atoms in total. The second-order valence-electron chi connectivity index (χ2n) is 2.10. The van der Waals surface area contributed by atoms with E-state index in [0.717, 1.165) is 0 Å². The zero-order valence-electron chi connectivity index (χ0n) is 6.07. The van der Waals surface area contributed by atoms with E-state index in [1.54, 1.807) is 0 Å². The predicted molar refractivity (Wildman–Crippen MR) is 38.4 cm³/mol. The number of rotatable bonds is 1. The van der Waals surface area contributed by atoms with Crippen molar-refractivity contribution in [3.05, 3.63) is 24.6 Å². The van der Waals surface area contributed by atoms with Crippen molar-refractivity contribution in [2.45, 2.75) is 5.79 Å². The molecule has 60 valence electrons. The molecule has 0 aliphatic carbocycles. The van der Waals surface area contributed by atoms with Gasteiger partial charge in [0.25, 0.3) is 5.79 Å². The zero-order valence-corrected chi connectivity index (χ0v) is 6.07. The maximum atomic E-state index is 11.0. The van der Waals surface area contributed by atoms with E-state index < -0.39 is 11.6 Å². The Balaban J connectivity index is 2.92. The standard InChI is InChI=1S/C7H9NO3/c1-11-7(10)3-5-8-4-2-6(7)9/h2-5,8,10H,1H3/t7-/m1/s1. The largest absolute Gasteiger partial charge is 0.368 e. The van der Waals surface area contributed by atoms with E-state index >= 15 is 0 Å². The van der Waals surface area contributed by atoms with Gasteiger partial charge in [0.1, 0.15) is 0 Å². The van der Waals surface area contributed by atoms with E-state index in [4.69, 9.17) is 0 Å². The Labute approximate surface area is 64.2 Å². The number of hydrogen-bond donors (Lipinski definition) is 2. The molecule has 0 saturated heterocycles. The van der Waals surface area contributed by atoms with Crippen LogP contribution < -0.4 is 5.32 Å². The Bertz CT molecular complexity index is 222. The molecule has 1 heterocycles. The van der Waals surface area contributed by atoms with Gasteiger partial charge in [-0.2, -0.15) is 0 Å². The maximum absolute atomic E-state index is 11.0. The molecule has 0 aromatic heterocycles. The first kappa shape index (κ1) is 7.97. The third-order valence-corrected chi connectivity index (χ3v) is 1.40. The lowest BCUT2D eigenvalue weighted by Crippen LogP contribution is -2.36. The van der Waals surface area contributed by atoms with Crippen LogP contribution in [0, 0.1) is 0 Å². The molecule has 0 bridgehead atoms. The maximum Gasteiger partial charge on any atom is 0.252 e. The minimum Gasteiger partial charge on any atom is -0.368 e. The van der Waals surface area contributed by atoms with Crippen LogP contribution in [0.1, 0.15) is 0 Å². The highest BCUT2D eigenvalue weighted by Gasteiger charge is 2.31. The number of ketones is 1. The van der Waals surface area contributed by atoms with Gasteiger partial charge >= 0.3 is 0 Å². The quantitative estimate of drug-likeness (QED) is 0.502. The fraction of sp³-hybridized carbons (Fsp3) is 0.286. The lowest BCUT2D eigenvalue weighted by atomic mass is 10.2. The van der Waals surface area contributed by atoms with Crippen LogP contribution in [0.3, 0.4) is 0 Å². The zero-order chi connectivity index (χ0) is 8.32. The third-order valence-electron chi connectivity index (χ3n) is 1.40. The highest BCUT2D eigenvalue weighted by Crippen LogP contribution is 2.11. The number of nitrogens with one attached hydrogen (secondary N) is 1. The molecule has 0 spiro atoms. The van der Waals surface area contributed by atoms with Gasteiger partial charge < -0.3 is 15.2 Å². The summed E-state index contributed by atoms with van der Waals surface area (Å²) < 4.78 is 4.60. The van der Waals surface area contributed by atoms with Gasteiger partial charge in [0.2, 0.25) is 5.78 Å². The number of carbonyl (C=O) groups is 1. The fourth-order valence-corrected chi connectivity index (χ4v) is 0.711. The van der Waals surface area contributed by atoms with Gasteiger partial charge in [-0.15, -0.1) is 0 Å². The fourth-order valence-electron chi connectivity index (χ4n) is 0.711. The molecule has 0 amide bonds. The van der Waals surface area contributed by atoms with Crippen LogP contribution in [0.2, 0.25) is 0 Å². The average Bonchev–Trinajstić information content (AvgIpc) is 2.16. The molecule has 4 heteroatoms. The SMILES string of the molecule is CO[C@]1(O)C=CNC=CC1=O. The van der Waals surface area contributed by atoms with Crippen LogP contribution in [0.15, 0.2) is 24.6 Å². The number of methoxy groups -OCH3 is 1. The summed E-state index contributed by atoms with van der Waals surface area (Å²) in [5.41, 5.74) is 0. The van der Waals surface area contributed by atoms with Gasteiger partial charge in [-0.3, -0.25) is 4.79 Å². The Hall–Kier alpha value is -1.13. The Morgan fingerprint density at radius 2 is 2.36 bits per heavy atom. The molecule has 1 atom stereocenters. The number of aliphatic hydroxyl groups is 1. The normalized spacial score (nSPS) is 29.8. The number of hydrogen-bond acceptors (Lipinski definition) is 4. The van der Waals surface area contributed by atoms with E-state index in [2.05, 4.69) is 10.1 Å². The number of ether oxygens (including phenoxy) is 1. The van der Waals surface area contributed by atoms with Gasteiger partial charge in [-0.1, -0.05) is 0 Å². The van der Waals surface area contributed by atoms with Gasteiger partial charge in [-0.05, 0) is 6.08 Å². The average molecular weight is 155 g/mol. The van der Waals surface area contributed by atoms with E-state index in [1.165, 1.54) is 31.7 Å². The smallest absolute Gasteiger partial charge is 0.252 e. The summed E-state index contributed by atoms with van der Waals surface area (Å²) >= 11 is 0. The van der Waals surface area contributed by atoms with Crippen LogP contribution in [-0.2, 0) is 9.53 Å². The van der Waals surface area contributed by atoms with Gasteiger partial charge in [0, 0.05) is 25.6 Å². The van der Waals surface area contributed by atoms with Crippen molar-refractivity contribution in [1.29, 1.82) is 0 Å².